The molecular formula is C10H11Cl2N3O3. The summed E-state index contributed by atoms with van der Waals surface area (Å²) >= 11 is 11.2. The summed E-state index contributed by atoms with van der Waals surface area (Å²) in [7, 11) is 0. The highest BCUT2D eigenvalue weighted by atomic mass is 35.5. The van der Waals surface area contributed by atoms with Crippen LogP contribution in [0.25, 0.3) is 0 Å². The molecule has 0 aliphatic carbocycles. The van der Waals surface area contributed by atoms with E-state index in [0.29, 0.717) is 0 Å². The molecule has 0 bridgehead atoms. The predicted octanol–water partition coefficient (Wildman–Crippen LogP) is 2.07. The average Bonchev–Trinajstić information content (AvgIpc) is 2.25. The van der Waals surface area contributed by atoms with E-state index in [4.69, 9.17) is 27.9 Å². The third-order valence-electron chi connectivity index (χ3n) is 1.80. The second kappa shape index (κ2) is 7.13. The minimum absolute atomic E-state index is 0.00191. The number of carbonyl (C=O) groups excluding carboxylic acids is 2. The van der Waals surface area contributed by atoms with E-state index >= 15 is 0 Å². The number of hydrogen-bond donors (Lipinski definition) is 1. The van der Waals surface area contributed by atoms with Gasteiger partial charge in [-0.1, -0.05) is 11.6 Å². The summed E-state index contributed by atoms with van der Waals surface area (Å²) in [5.41, 5.74) is 0. The summed E-state index contributed by atoms with van der Waals surface area (Å²) in [6.07, 6.45) is 0.00426. The molecule has 6 nitrogen and oxygen atoms in total. The highest BCUT2D eigenvalue weighted by molar-refractivity contribution is 6.32. The number of nitrogens with zero attached hydrogens (tertiary/aromatic N) is 2. The van der Waals surface area contributed by atoms with Gasteiger partial charge in [-0.2, -0.15) is 0 Å². The molecule has 8 heteroatoms. The Hall–Kier alpha value is -1.40. The predicted molar refractivity (Wildman–Crippen MR) is 66.5 cm³/mol. The Morgan fingerprint density at radius 3 is 2.67 bits per heavy atom. The smallest absolute Gasteiger partial charge is 0.306 e. The zero-order valence-corrected chi connectivity index (χ0v) is 11.1. The van der Waals surface area contributed by atoms with Crippen LogP contribution in [0, 0.1) is 0 Å². The molecule has 0 saturated heterocycles. The SMILES string of the molecule is CCOC(=O)CCC(=O)Nc1cc(Cl)nc(Cl)n1. The van der Waals surface area contributed by atoms with Crippen molar-refractivity contribution in [3.05, 3.63) is 16.5 Å². The molecule has 1 amide bonds. The van der Waals surface area contributed by atoms with Gasteiger partial charge < -0.3 is 10.1 Å². The van der Waals surface area contributed by atoms with E-state index in [2.05, 4.69) is 15.3 Å². The molecule has 1 N–H and O–H groups in total. The number of aromatic nitrogens is 2. The fourth-order valence-electron chi connectivity index (χ4n) is 1.11. The van der Waals surface area contributed by atoms with E-state index in [1.165, 1.54) is 6.07 Å². The van der Waals surface area contributed by atoms with Gasteiger partial charge in [0.15, 0.2) is 0 Å². The minimum Gasteiger partial charge on any atom is -0.466 e. The maximum absolute atomic E-state index is 11.5. The molecule has 1 aromatic rings. The third-order valence-corrected chi connectivity index (χ3v) is 2.16. The van der Waals surface area contributed by atoms with Crippen molar-refractivity contribution >= 4 is 40.9 Å². The number of esters is 1. The molecule has 1 heterocycles. The molecular weight excluding hydrogens is 281 g/mol. The summed E-state index contributed by atoms with van der Waals surface area (Å²) in [5, 5.41) is 2.51. The van der Waals surface area contributed by atoms with Crippen molar-refractivity contribution < 1.29 is 14.3 Å². The van der Waals surface area contributed by atoms with Crippen molar-refractivity contribution in [3.63, 3.8) is 0 Å². The lowest BCUT2D eigenvalue weighted by molar-refractivity contribution is -0.144. The first-order chi connectivity index (χ1) is 8.51. The van der Waals surface area contributed by atoms with Crippen molar-refractivity contribution in [2.75, 3.05) is 11.9 Å². The van der Waals surface area contributed by atoms with Gasteiger partial charge in [-0.15, -0.1) is 0 Å². The Labute approximate surface area is 114 Å². The largest absolute Gasteiger partial charge is 0.466 e. The van der Waals surface area contributed by atoms with Crippen LogP contribution in [-0.2, 0) is 14.3 Å². The standard InChI is InChI=1S/C10H11Cl2N3O3/c1-2-18-9(17)4-3-8(16)14-7-5-6(11)13-10(12)15-7/h5H,2-4H2,1H3,(H,13,14,15,16). The topological polar surface area (TPSA) is 81.2 Å². The van der Waals surface area contributed by atoms with Crippen molar-refractivity contribution in [1.82, 2.24) is 9.97 Å². The molecule has 1 rings (SSSR count). The number of ether oxygens (including phenoxy) is 1. The fourth-order valence-corrected chi connectivity index (χ4v) is 1.52. The number of hydrogen-bond acceptors (Lipinski definition) is 5. The first-order valence-electron chi connectivity index (χ1n) is 5.17. The van der Waals surface area contributed by atoms with Gasteiger partial charge >= 0.3 is 5.97 Å². The minimum atomic E-state index is -0.425. The number of carbonyl (C=O) groups is 2. The summed E-state index contributed by atoms with van der Waals surface area (Å²) < 4.78 is 4.69. The van der Waals surface area contributed by atoms with E-state index < -0.39 is 5.97 Å². The molecule has 18 heavy (non-hydrogen) atoms. The lowest BCUT2D eigenvalue weighted by Crippen LogP contribution is -2.15. The Morgan fingerprint density at radius 1 is 1.33 bits per heavy atom. The van der Waals surface area contributed by atoms with Crippen molar-refractivity contribution in [2.45, 2.75) is 19.8 Å². The molecule has 0 unspecified atom stereocenters. The second-order valence-electron chi connectivity index (χ2n) is 3.20. The summed E-state index contributed by atoms with van der Waals surface area (Å²) in [4.78, 5) is 29.9. The number of amides is 1. The van der Waals surface area contributed by atoms with Crippen LogP contribution in [0.15, 0.2) is 6.07 Å². The van der Waals surface area contributed by atoms with Crippen LogP contribution in [0.4, 0.5) is 5.82 Å². The van der Waals surface area contributed by atoms with Crippen LogP contribution in [0.2, 0.25) is 10.4 Å². The summed E-state index contributed by atoms with van der Waals surface area (Å²) in [6, 6.07) is 1.36. The molecule has 0 saturated carbocycles. The monoisotopic (exact) mass is 291 g/mol. The van der Waals surface area contributed by atoms with E-state index in [9.17, 15) is 9.59 Å². The molecule has 0 aliphatic rings. The first-order valence-corrected chi connectivity index (χ1v) is 5.92. The first kappa shape index (κ1) is 14.7. The van der Waals surface area contributed by atoms with Crippen LogP contribution in [0.1, 0.15) is 19.8 Å². The van der Waals surface area contributed by atoms with Crippen LogP contribution >= 0.6 is 23.2 Å². The third kappa shape index (κ3) is 5.29. The molecule has 0 aliphatic heterocycles. The van der Waals surface area contributed by atoms with Gasteiger partial charge in [0.25, 0.3) is 0 Å². The van der Waals surface area contributed by atoms with Gasteiger partial charge in [-0.05, 0) is 18.5 Å². The van der Waals surface area contributed by atoms with Crippen molar-refractivity contribution in [2.24, 2.45) is 0 Å². The van der Waals surface area contributed by atoms with Crippen LogP contribution in [0.3, 0.4) is 0 Å². The molecule has 1 aromatic heterocycles. The van der Waals surface area contributed by atoms with E-state index in [-0.39, 0.29) is 41.6 Å². The highest BCUT2D eigenvalue weighted by Crippen LogP contribution is 2.14. The molecule has 0 spiro atoms. The Kier molecular flexibility index (Phi) is 5.80. The maximum Gasteiger partial charge on any atom is 0.306 e. The van der Waals surface area contributed by atoms with Crippen LogP contribution in [0.5, 0.6) is 0 Å². The average molecular weight is 292 g/mol. The van der Waals surface area contributed by atoms with Crippen molar-refractivity contribution in [1.29, 1.82) is 0 Å². The Bertz CT molecular complexity index is 434. The van der Waals surface area contributed by atoms with Gasteiger partial charge in [-0.3, -0.25) is 9.59 Å². The molecule has 98 valence electrons. The highest BCUT2D eigenvalue weighted by Gasteiger charge is 2.09. The van der Waals surface area contributed by atoms with Gasteiger partial charge in [0.2, 0.25) is 11.2 Å². The fraction of sp³-hybridized carbons (Fsp3) is 0.400. The Morgan fingerprint density at radius 2 is 2.06 bits per heavy atom. The number of rotatable bonds is 5. The van der Waals surface area contributed by atoms with Crippen molar-refractivity contribution in [3.8, 4) is 0 Å². The van der Waals surface area contributed by atoms with Gasteiger partial charge in [0.05, 0.1) is 13.0 Å². The Balaban J connectivity index is 2.47. The summed E-state index contributed by atoms with van der Waals surface area (Å²) in [5.74, 6) is -0.617. The maximum atomic E-state index is 11.5. The molecule has 0 aromatic carbocycles. The second-order valence-corrected chi connectivity index (χ2v) is 3.92. The summed E-state index contributed by atoms with van der Waals surface area (Å²) in [6.45, 7) is 1.99. The lowest BCUT2D eigenvalue weighted by Gasteiger charge is -2.04. The van der Waals surface area contributed by atoms with Gasteiger partial charge in [0, 0.05) is 12.5 Å². The zero-order chi connectivity index (χ0) is 13.5. The van der Waals surface area contributed by atoms with E-state index in [1.807, 2.05) is 0 Å². The molecule has 0 atom stereocenters. The molecule has 0 fully saturated rings. The lowest BCUT2D eigenvalue weighted by atomic mass is 10.3. The quantitative estimate of drug-likeness (QED) is 0.510. The number of halogens is 2. The van der Waals surface area contributed by atoms with Crippen LogP contribution < -0.4 is 5.32 Å². The zero-order valence-electron chi connectivity index (χ0n) is 9.57. The normalized spacial score (nSPS) is 9.94. The number of anilines is 1. The number of nitrogens with one attached hydrogen (secondary N) is 1. The van der Waals surface area contributed by atoms with Gasteiger partial charge in [0.1, 0.15) is 11.0 Å². The molecule has 0 radical (unpaired) electrons. The van der Waals surface area contributed by atoms with E-state index in [1.54, 1.807) is 6.92 Å². The van der Waals surface area contributed by atoms with E-state index in [0.717, 1.165) is 0 Å². The van der Waals surface area contributed by atoms with Gasteiger partial charge in [-0.25, -0.2) is 9.97 Å². The van der Waals surface area contributed by atoms with Crippen LogP contribution in [-0.4, -0.2) is 28.5 Å².